The van der Waals surface area contributed by atoms with E-state index in [1.54, 1.807) is 6.92 Å². The summed E-state index contributed by atoms with van der Waals surface area (Å²) in [6.07, 6.45) is 3.62. The van der Waals surface area contributed by atoms with Crippen molar-refractivity contribution < 1.29 is 13.9 Å². The molecule has 0 heterocycles. The molecule has 2 nitrogen and oxygen atoms in total. The van der Waals surface area contributed by atoms with Gasteiger partial charge in [-0.25, -0.2) is 8.78 Å². The van der Waals surface area contributed by atoms with Gasteiger partial charge in [-0.15, -0.1) is 0 Å². The lowest BCUT2D eigenvalue weighted by atomic mass is 9.67. The van der Waals surface area contributed by atoms with E-state index in [1.807, 2.05) is 0 Å². The maximum Gasteiger partial charge on any atom is 0.126 e. The predicted octanol–water partition coefficient (Wildman–Crippen LogP) is 3.33. The molecular formula is C16H23F2NO. The van der Waals surface area contributed by atoms with Crippen molar-refractivity contribution in [3.05, 3.63) is 35.4 Å². The molecule has 0 bridgehead atoms. The number of hydrogen-bond acceptors (Lipinski definition) is 2. The molecule has 3 N–H and O–H groups in total. The van der Waals surface area contributed by atoms with E-state index in [-0.39, 0.29) is 5.56 Å². The molecule has 0 amide bonds. The van der Waals surface area contributed by atoms with Crippen LogP contribution in [0.3, 0.4) is 0 Å². The van der Waals surface area contributed by atoms with Gasteiger partial charge in [0.1, 0.15) is 11.6 Å². The third kappa shape index (κ3) is 2.47. The Morgan fingerprint density at radius 1 is 1.35 bits per heavy atom. The summed E-state index contributed by atoms with van der Waals surface area (Å²) in [4.78, 5) is 0. The lowest BCUT2D eigenvalue weighted by Gasteiger charge is -2.43. The van der Waals surface area contributed by atoms with E-state index in [0.717, 1.165) is 31.7 Å². The highest BCUT2D eigenvalue weighted by Gasteiger charge is 2.51. The zero-order chi connectivity index (χ0) is 15.0. The molecule has 0 spiro atoms. The van der Waals surface area contributed by atoms with Gasteiger partial charge in [0.25, 0.3) is 0 Å². The zero-order valence-corrected chi connectivity index (χ0v) is 12.1. The van der Waals surface area contributed by atoms with Crippen LogP contribution in [0.4, 0.5) is 8.78 Å². The highest BCUT2D eigenvalue weighted by molar-refractivity contribution is 5.27. The number of halogens is 2. The van der Waals surface area contributed by atoms with E-state index in [2.05, 4.69) is 6.92 Å². The molecule has 1 fully saturated rings. The second-order valence-electron chi connectivity index (χ2n) is 6.23. The van der Waals surface area contributed by atoms with E-state index in [9.17, 15) is 13.9 Å². The van der Waals surface area contributed by atoms with Crippen LogP contribution >= 0.6 is 0 Å². The first-order chi connectivity index (χ1) is 9.34. The van der Waals surface area contributed by atoms with Gasteiger partial charge in [-0.1, -0.05) is 13.3 Å². The minimum Gasteiger partial charge on any atom is -0.385 e. The van der Waals surface area contributed by atoms with Gasteiger partial charge in [0.05, 0.1) is 5.60 Å². The van der Waals surface area contributed by atoms with E-state index < -0.39 is 22.7 Å². The molecule has 1 aromatic carbocycles. The first-order valence-corrected chi connectivity index (χ1v) is 7.23. The van der Waals surface area contributed by atoms with Gasteiger partial charge in [-0.3, -0.25) is 0 Å². The maximum atomic E-state index is 13.4. The standard InChI is InChI=1S/C16H23F2NO/c1-3-11-4-5-16(9-11,10-19)15(2,20)12-6-13(17)8-14(18)7-12/h6-8,11,20H,3-5,9-10,19H2,1-2H3. The van der Waals surface area contributed by atoms with E-state index in [4.69, 9.17) is 5.73 Å². The molecule has 4 heteroatoms. The predicted molar refractivity (Wildman–Crippen MR) is 75.0 cm³/mol. The van der Waals surface area contributed by atoms with Crippen molar-refractivity contribution >= 4 is 0 Å². The Bertz CT molecular complexity index is 469. The highest BCUT2D eigenvalue weighted by Crippen LogP contribution is 2.53. The van der Waals surface area contributed by atoms with E-state index in [1.165, 1.54) is 12.1 Å². The first-order valence-electron chi connectivity index (χ1n) is 7.23. The Morgan fingerprint density at radius 2 is 1.95 bits per heavy atom. The molecular weight excluding hydrogens is 260 g/mol. The molecule has 2 rings (SSSR count). The van der Waals surface area contributed by atoms with Gasteiger partial charge >= 0.3 is 0 Å². The number of aliphatic hydroxyl groups is 1. The number of rotatable bonds is 4. The summed E-state index contributed by atoms with van der Waals surface area (Å²) >= 11 is 0. The minimum absolute atomic E-state index is 0.275. The van der Waals surface area contributed by atoms with Crippen LogP contribution in [0.2, 0.25) is 0 Å². The van der Waals surface area contributed by atoms with Crippen molar-refractivity contribution in [2.45, 2.75) is 45.1 Å². The summed E-state index contributed by atoms with van der Waals surface area (Å²) in [5.74, 6) is -0.821. The van der Waals surface area contributed by atoms with Crippen molar-refractivity contribution in [1.29, 1.82) is 0 Å². The van der Waals surface area contributed by atoms with E-state index in [0.29, 0.717) is 12.5 Å². The molecule has 3 atom stereocenters. The normalized spacial score (nSPS) is 29.4. The molecule has 1 saturated carbocycles. The van der Waals surface area contributed by atoms with Gasteiger partial charge < -0.3 is 10.8 Å². The molecule has 20 heavy (non-hydrogen) atoms. The Hall–Kier alpha value is -1.00. The van der Waals surface area contributed by atoms with Crippen LogP contribution in [0.1, 0.15) is 45.1 Å². The Kier molecular flexibility index (Phi) is 4.17. The van der Waals surface area contributed by atoms with Crippen LogP contribution in [0.25, 0.3) is 0 Å². The van der Waals surface area contributed by atoms with Crippen molar-refractivity contribution in [3.63, 3.8) is 0 Å². The molecule has 0 radical (unpaired) electrons. The van der Waals surface area contributed by atoms with Crippen LogP contribution in [-0.4, -0.2) is 11.7 Å². The minimum atomic E-state index is -1.32. The first kappa shape index (κ1) is 15.4. The average molecular weight is 283 g/mol. The van der Waals surface area contributed by atoms with Gasteiger partial charge in [0.2, 0.25) is 0 Å². The topological polar surface area (TPSA) is 46.2 Å². The SMILES string of the molecule is CCC1CCC(CN)(C(C)(O)c2cc(F)cc(F)c2)C1. The van der Waals surface area contributed by atoms with Crippen molar-refractivity contribution in [2.75, 3.05) is 6.54 Å². The van der Waals surface area contributed by atoms with Crippen LogP contribution < -0.4 is 5.73 Å². The molecule has 0 saturated heterocycles. The second-order valence-corrected chi connectivity index (χ2v) is 6.23. The number of nitrogens with two attached hydrogens (primary N) is 1. The smallest absolute Gasteiger partial charge is 0.126 e. The molecule has 1 aromatic rings. The molecule has 112 valence electrons. The summed E-state index contributed by atoms with van der Waals surface area (Å²) in [7, 11) is 0. The van der Waals surface area contributed by atoms with Crippen molar-refractivity contribution in [3.8, 4) is 0 Å². The van der Waals surface area contributed by atoms with Gasteiger partial charge in [0.15, 0.2) is 0 Å². The van der Waals surface area contributed by atoms with Crippen LogP contribution in [0.5, 0.6) is 0 Å². The largest absolute Gasteiger partial charge is 0.385 e. The highest BCUT2D eigenvalue weighted by atomic mass is 19.1. The van der Waals surface area contributed by atoms with Crippen LogP contribution in [0, 0.1) is 23.0 Å². The monoisotopic (exact) mass is 283 g/mol. The Balaban J connectivity index is 2.41. The summed E-state index contributed by atoms with van der Waals surface area (Å²) in [5, 5.41) is 11.0. The molecule has 0 aliphatic heterocycles. The fourth-order valence-corrected chi connectivity index (χ4v) is 3.55. The summed E-state index contributed by atoms with van der Waals surface area (Å²) in [5.41, 5.74) is 4.38. The molecule has 0 aromatic heterocycles. The van der Waals surface area contributed by atoms with Crippen LogP contribution in [0.15, 0.2) is 18.2 Å². The Morgan fingerprint density at radius 3 is 2.40 bits per heavy atom. The molecule has 1 aliphatic carbocycles. The van der Waals surface area contributed by atoms with Crippen LogP contribution in [-0.2, 0) is 5.60 Å². The number of benzene rings is 1. The third-order valence-corrected chi connectivity index (χ3v) is 5.14. The van der Waals surface area contributed by atoms with Gasteiger partial charge in [-0.05, 0) is 49.8 Å². The van der Waals surface area contributed by atoms with Crippen molar-refractivity contribution in [1.82, 2.24) is 0 Å². The maximum absolute atomic E-state index is 13.4. The summed E-state index contributed by atoms with van der Waals surface area (Å²) in [6, 6.07) is 3.23. The van der Waals surface area contributed by atoms with E-state index >= 15 is 0 Å². The van der Waals surface area contributed by atoms with Crippen molar-refractivity contribution in [2.24, 2.45) is 17.1 Å². The average Bonchev–Trinajstić information content (AvgIpc) is 2.83. The Labute approximate surface area is 119 Å². The number of hydrogen-bond donors (Lipinski definition) is 2. The zero-order valence-electron chi connectivity index (χ0n) is 12.1. The second kappa shape index (κ2) is 5.41. The fourth-order valence-electron chi connectivity index (χ4n) is 3.55. The lowest BCUT2D eigenvalue weighted by molar-refractivity contribution is -0.0718. The lowest BCUT2D eigenvalue weighted by Crippen LogP contribution is -2.47. The molecule has 3 unspecified atom stereocenters. The summed E-state index contributed by atoms with van der Waals surface area (Å²) in [6.45, 7) is 4.06. The fraction of sp³-hybridized carbons (Fsp3) is 0.625. The molecule has 1 aliphatic rings. The quantitative estimate of drug-likeness (QED) is 0.890. The van der Waals surface area contributed by atoms with Gasteiger partial charge in [0, 0.05) is 18.0 Å². The summed E-state index contributed by atoms with van der Waals surface area (Å²) < 4.78 is 26.9. The third-order valence-electron chi connectivity index (χ3n) is 5.14. The van der Waals surface area contributed by atoms with Gasteiger partial charge in [-0.2, -0.15) is 0 Å².